The molecule has 1 aliphatic rings. The molecular formula is C17H17IN2O. The van der Waals surface area contributed by atoms with Gasteiger partial charge < -0.3 is 10.6 Å². The summed E-state index contributed by atoms with van der Waals surface area (Å²) in [6.07, 6.45) is 0.824. The highest BCUT2D eigenvalue weighted by molar-refractivity contribution is 14.1. The number of anilines is 1. The summed E-state index contributed by atoms with van der Waals surface area (Å²) in [4.78, 5) is 14.8. The summed E-state index contributed by atoms with van der Waals surface area (Å²) in [5.74, 6) is 0.0331. The largest absolute Gasteiger partial charge is 0.326 e. The predicted octanol–water partition coefficient (Wildman–Crippen LogP) is 3.13. The monoisotopic (exact) mass is 392 g/mol. The number of carbonyl (C=O) groups is 1. The van der Waals surface area contributed by atoms with E-state index in [1.807, 2.05) is 48.2 Å². The number of carbonyl (C=O) groups excluding carboxylic acids is 1. The summed E-state index contributed by atoms with van der Waals surface area (Å²) >= 11 is 2.24. The number of benzene rings is 2. The second kappa shape index (κ2) is 5.77. The van der Waals surface area contributed by atoms with E-state index in [-0.39, 0.29) is 11.9 Å². The van der Waals surface area contributed by atoms with E-state index >= 15 is 0 Å². The minimum absolute atomic E-state index is 0.00804. The quantitative estimate of drug-likeness (QED) is 0.759. The van der Waals surface area contributed by atoms with Crippen molar-refractivity contribution >= 4 is 34.2 Å². The number of hydrogen-bond acceptors (Lipinski definition) is 2. The molecule has 2 aromatic carbocycles. The second-order valence-corrected chi connectivity index (χ2v) is 6.52. The van der Waals surface area contributed by atoms with Gasteiger partial charge >= 0.3 is 0 Å². The van der Waals surface area contributed by atoms with Crippen molar-refractivity contribution in [3.05, 3.63) is 62.7 Å². The van der Waals surface area contributed by atoms with Gasteiger partial charge in [-0.25, -0.2) is 0 Å². The van der Waals surface area contributed by atoms with Crippen LogP contribution in [-0.2, 0) is 6.42 Å². The molecule has 0 aromatic heterocycles. The van der Waals surface area contributed by atoms with Crippen LogP contribution in [0.1, 0.15) is 21.5 Å². The average Bonchev–Trinajstić information content (AvgIpc) is 2.48. The van der Waals surface area contributed by atoms with Gasteiger partial charge in [0.05, 0.1) is 5.56 Å². The van der Waals surface area contributed by atoms with Crippen molar-refractivity contribution in [2.45, 2.75) is 19.4 Å². The van der Waals surface area contributed by atoms with Gasteiger partial charge in [0, 0.05) is 21.8 Å². The summed E-state index contributed by atoms with van der Waals surface area (Å²) in [6.45, 7) is 2.59. The van der Waals surface area contributed by atoms with Gasteiger partial charge in [-0.2, -0.15) is 0 Å². The van der Waals surface area contributed by atoms with Crippen molar-refractivity contribution in [1.82, 2.24) is 0 Å². The zero-order valence-corrected chi connectivity index (χ0v) is 14.0. The van der Waals surface area contributed by atoms with Crippen molar-refractivity contribution in [2.75, 3.05) is 11.4 Å². The summed E-state index contributed by atoms with van der Waals surface area (Å²) in [7, 11) is 0. The molecule has 0 spiro atoms. The van der Waals surface area contributed by atoms with Crippen LogP contribution in [0.25, 0.3) is 0 Å². The van der Waals surface area contributed by atoms with Crippen LogP contribution < -0.4 is 10.6 Å². The zero-order valence-electron chi connectivity index (χ0n) is 11.8. The van der Waals surface area contributed by atoms with E-state index < -0.39 is 0 Å². The average molecular weight is 392 g/mol. The molecule has 3 rings (SSSR count). The van der Waals surface area contributed by atoms with Crippen LogP contribution >= 0.6 is 22.6 Å². The van der Waals surface area contributed by atoms with Crippen molar-refractivity contribution < 1.29 is 4.79 Å². The first-order valence-electron chi connectivity index (χ1n) is 6.98. The lowest BCUT2D eigenvalue weighted by Gasteiger charge is -2.33. The number of fused-ring (bicyclic) bond motifs is 1. The Balaban J connectivity index is 2.04. The smallest absolute Gasteiger partial charge is 0.259 e. The van der Waals surface area contributed by atoms with Crippen molar-refractivity contribution in [2.24, 2.45) is 5.73 Å². The van der Waals surface area contributed by atoms with Gasteiger partial charge in [0.15, 0.2) is 0 Å². The van der Waals surface area contributed by atoms with Crippen LogP contribution in [0.15, 0.2) is 42.5 Å². The minimum Gasteiger partial charge on any atom is -0.326 e. The Kier molecular flexibility index (Phi) is 3.99. The molecule has 21 heavy (non-hydrogen) atoms. The Morgan fingerprint density at radius 2 is 2.00 bits per heavy atom. The fourth-order valence-corrected chi connectivity index (χ4v) is 3.37. The maximum absolute atomic E-state index is 12.9. The topological polar surface area (TPSA) is 46.3 Å². The van der Waals surface area contributed by atoms with E-state index in [0.717, 1.165) is 32.4 Å². The second-order valence-electron chi connectivity index (χ2n) is 5.45. The maximum Gasteiger partial charge on any atom is 0.259 e. The number of para-hydroxylation sites is 1. The van der Waals surface area contributed by atoms with Crippen molar-refractivity contribution in [1.29, 1.82) is 0 Å². The fourth-order valence-electron chi connectivity index (χ4n) is 2.78. The molecule has 108 valence electrons. The molecule has 2 aromatic rings. The number of halogens is 1. The third-order valence-electron chi connectivity index (χ3n) is 3.85. The molecule has 0 saturated carbocycles. The molecule has 4 heteroatoms. The molecule has 0 fully saturated rings. The molecular weight excluding hydrogens is 375 g/mol. The Hall–Kier alpha value is -1.40. The van der Waals surface area contributed by atoms with Gasteiger partial charge in [-0.3, -0.25) is 4.79 Å². The lowest BCUT2D eigenvalue weighted by Crippen LogP contribution is -2.46. The number of amides is 1. The van der Waals surface area contributed by atoms with Crippen LogP contribution in [0.3, 0.4) is 0 Å². The van der Waals surface area contributed by atoms with Gasteiger partial charge in [0.25, 0.3) is 5.91 Å². The Labute approximate surface area is 138 Å². The van der Waals surface area contributed by atoms with Crippen molar-refractivity contribution in [3.63, 3.8) is 0 Å². The molecule has 1 aliphatic heterocycles. The van der Waals surface area contributed by atoms with Gasteiger partial charge in [-0.1, -0.05) is 30.3 Å². The minimum atomic E-state index is -0.00804. The number of nitrogens with two attached hydrogens (primary N) is 1. The lowest BCUT2D eigenvalue weighted by molar-refractivity contribution is 0.0982. The summed E-state index contributed by atoms with van der Waals surface area (Å²) in [5, 5.41) is 0. The number of aryl methyl sites for hydroxylation is 1. The van der Waals surface area contributed by atoms with E-state index in [0.29, 0.717) is 6.54 Å². The first-order chi connectivity index (χ1) is 10.1. The highest BCUT2D eigenvalue weighted by atomic mass is 127. The Morgan fingerprint density at radius 1 is 1.24 bits per heavy atom. The van der Waals surface area contributed by atoms with E-state index in [1.165, 1.54) is 0 Å². The Bertz CT molecular complexity index is 699. The third-order valence-corrected chi connectivity index (χ3v) is 5.28. The zero-order chi connectivity index (χ0) is 15.0. The SMILES string of the molecule is Cc1cccc(C(=O)N2CC(N)Cc3ccccc32)c1I. The Morgan fingerprint density at radius 3 is 2.81 bits per heavy atom. The normalized spacial score (nSPS) is 17.5. The molecule has 2 N–H and O–H groups in total. The van der Waals surface area contributed by atoms with Gasteiger partial charge in [-0.15, -0.1) is 0 Å². The van der Waals surface area contributed by atoms with Crippen molar-refractivity contribution in [3.8, 4) is 0 Å². The number of hydrogen-bond donors (Lipinski definition) is 1. The summed E-state index contributed by atoms with van der Waals surface area (Å²) < 4.78 is 1.01. The van der Waals surface area contributed by atoms with Crippen LogP contribution in [0, 0.1) is 10.5 Å². The van der Waals surface area contributed by atoms with Crippen LogP contribution in [-0.4, -0.2) is 18.5 Å². The molecule has 0 radical (unpaired) electrons. The molecule has 1 amide bonds. The standard InChI is InChI=1S/C17H17IN2O/c1-11-5-4-7-14(16(11)18)17(21)20-10-13(19)9-12-6-2-3-8-15(12)20/h2-8,13H,9-10,19H2,1H3. The highest BCUT2D eigenvalue weighted by Crippen LogP contribution is 2.29. The molecule has 0 bridgehead atoms. The van der Waals surface area contributed by atoms with Crippen LogP contribution in [0.5, 0.6) is 0 Å². The predicted molar refractivity (Wildman–Crippen MR) is 93.7 cm³/mol. The van der Waals surface area contributed by atoms with Crippen LogP contribution in [0.4, 0.5) is 5.69 Å². The molecule has 0 saturated heterocycles. The first kappa shape index (κ1) is 14.5. The van der Waals surface area contributed by atoms with Gasteiger partial charge in [0.2, 0.25) is 0 Å². The molecule has 1 unspecified atom stereocenters. The van der Waals surface area contributed by atoms with E-state index in [1.54, 1.807) is 0 Å². The molecule has 3 nitrogen and oxygen atoms in total. The van der Waals surface area contributed by atoms with Gasteiger partial charge in [0.1, 0.15) is 0 Å². The molecule has 0 aliphatic carbocycles. The van der Waals surface area contributed by atoms with E-state index in [2.05, 4.69) is 28.7 Å². The van der Waals surface area contributed by atoms with Crippen LogP contribution in [0.2, 0.25) is 0 Å². The van der Waals surface area contributed by atoms with Gasteiger partial charge in [-0.05, 0) is 59.2 Å². The summed E-state index contributed by atoms with van der Waals surface area (Å²) in [5.41, 5.74) is 10.1. The maximum atomic E-state index is 12.9. The third kappa shape index (κ3) is 2.70. The fraction of sp³-hybridized carbons (Fsp3) is 0.235. The molecule has 1 atom stereocenters. The first-order valence-corrected chi connectivity index (χ1v) is 8.06. The highest BCUT2D eigenvalue weighted by Gasteiger charge is 2.28. The number of nitrogens with zero attached hydrogens (tertiary/aromatic N) is 1. The van der Waals surface area contributed by atoms with E-state index in [4.69, 9.17) is 5.73 Å². The number of rotatable bonds is 1. The van der Waals surface area contributed by atoms with E-state index in [9.17, 15) is 4.79 Å². The summed E-state index contributed by atoms with van der Waals surface area (Å²) in [6, 6.07) is 13.9. The lowest BCUT2D eigenvalue weighted by atomic mass is 9.97. The molecule has 1 heterocycles.